The van der Waals surface area contributed by atoms with Gasteiger partial charge in [-0.3, -0.25) is 0 Å². The molecule has 0 radical (unpaired) electrons. The van der Waals surface area contributed by atoms with Gasteiger partial charge in [-0.1, -0.05) is 12.1 Å². The second-order valence-corrected chi connectivity index (χ2v) is 3.66. The molecule has 0 N–H and O–H groups in total. The number of hydrogen-bond donors (Lipinski definition) is 1. The predicted molar refractivity (Wildman–Crippen MR) is 47.5 cm³/mol. The Bertz CT molecular complexity index is 443. The number of thiol groups is 1. The molecule has 0 bridgehead atoms. The normalized spacial score (nSPS) is 15.5. The van der Waals surface area contributed by atoms with Gasteiger partial charge < -0.3 is 0 Å². The van der Waals surface area contributed by atoms with Crippen molar-refractivity contribution in [3.63, 3.8) is 0 Å². The molecule has 7 heteroatoms. The van der Waals surface area contributed by atoms with E-state index < -0.39 is 16.9 Å². The van der Waals surface area contributed by atoms with Crippen molar-refractivity contribution in [1.29, 1.82) is 0 Å². The van der Waals surface area contributed by atoms with Crippen LogP contribution in [0.2, 0.25) is 0 Å². The second kappa shape index (κ2) is 3.62. The van der Waals surface area contributed by atoms with Crippen LogP contribution in [0, 0.1) is 0 Å². The second-order valence-electron chi connectivity index (χ2n) is 2.63. The molecular weight excluding hydrogens is 204 g/mol. The quantitative estimate of drug-likeness (QED) is 0.750. The van der Waals surface area contributed by atoms with Gasteiger partial charge in [0.25, 0.3) is 0 Å². The third-order valence-corrected chi connectivity index (χ3v) is 2.48. The van der Waals surface area contributed by atoms with E-state index in [4.69, 9.17) is 0 Å². The minimum absolute atomic E-state index is 0.274. The highest BCUT2D eigenvalue weighted by molar-refractivity contribution is 7.72. The lowest BCUT2D eigenvalue weighted by Crippen LogP contribution is -1.88. The van der Waals surface area contributed by atoms with Gasteiger partial charge in [-0.15, -0.1) is 10.2 Å². The van der Waals surface area contributed by atoms with Crippen molar-refractivity contribution in [2.45, 2.75) is 11.1 Å². The molecule has 0 saturated heterocycles. The molecule has 0 amide bonds. The average Bonchev–Trinajstić information content (AvgIpc) is 2.71. The van der Waals surface area contributed by atoms with Crippen LogP contribution >= 0.6 is 0 Å². The first kappa shape index (κ1) is 8.95. The van der Waals surface area contributed by atoms with Gasteiger partial charge in [0.15, 0.2) is 10.7 Å². The fraction of sp³-hybridized carbons (Fsp3) is 0.143. The van der Waals surface area contributed by atoms with Crippen molar-refractivity contribution in [2.75, 3.05) is 0 Å². The fourth-order valence-electron chi connectivity index (χ4n) is 1.07. The van der Waals surface area contributed by atoms with E-state index in [1.54, 1.807) is 12.1 Å². The minimum atomic E-state index is -2.53. The van der Waals surface area contributed by atoms with Crippen molar-refractivity contribution in [3.8, 4) is 0 Å². The van der Waals surface area contributed by atoms with Gasteiger partial charge in [0.2, 0.25) is 6.17 Å². The van der Waals surface area contributed by atoms with Gasteiger partial charge in [0, 0.05) is 5.56 Å². The van der Waals surface area contributed by atoms with Crippen molar-refractivity contribution in [3.05, 3.63) is 29.8 Å². The molecule has 0 saturated carbocycles. The summed E-state index contributed by atoms with van der Waals surface area (Å²) in [4.78, 5) is 0.274. The fourth-order valence-corrected chi connectivity index (χ4v) is 1.46. The van der Waals surface area contributed by atoms with Gasteiger partial charge in [0.1, 0.15) is 0 Å². The summed E-state index contributed by atoms with van der Waals surface area (Å²) >= 11 is 0. The zero-order valence-electron chi connectivity index (χ0n) is 6.94. The molecule has 0 aliphatic carbocycles. The van der Waals surface area contributed by atoms with Gasteiger partial charge in [-0.25, -0.2) is 8.42 Å². The summed E-state index contributed by atoms with van der Waals surface area (Å²) in [6, 6.07) is 6.30. The zero-order valence-corrected chi connectivity index (χ0v) is 7.83. The lowest BCUT2D eigenvalue weighted by molar-refractivity contribution is 0.614. The van der Waals surface area contributed by atoms with Crippen LogP contribution in [0.4, 0.5) is 0 Å². The van der Waals surface area contributed by atoms with Crippen LogP contribution in [-0.2, 0) is 10.7 Å². The lowest BCUT2D eigenvalue weighted by atomic mass is 10.2. The van der Waals surface area contributed by atoms with Crippen molar-refractivity contribution in [2.24, 2.45) is 20.7 Å². The summed E-state index contributed by atoms with van der Waals surface area (Å²) in [7, 11) is -2.53. The number of benzene rings is 1. The molecule has 0 spiro atoms. The van der Waals surface area contributed by atoms with Crippen molar-refractivity contribution in [1.82, 2.24) is 0 Å². The molecule has 1 aromatic carbocycles. The molecule has 14 heavy (non-hydrogen) atoms. The van der Waals surface area contributed by atoms with Crippen LogP contribution in [0.25, 0.3) is 0 Å². The van der Waals surface area contributed by atoms with Crippen LogP contribution in [-0.4, -0.2) is 8.42 Å². The van der Waals surface area contributed by atoms with Crippen LogP contribution in [0.1, 0.15) is 11.7 Å². The van der Waals surface area contributed by atoms with Crippen LogP contribution < -0.4 is 0 Å². The Balaban J connectivity index is 2.30. The Labute approximate surface area is 81.3 Å². The first-order valence-corrected chi connectivity index (χ1v) is 4.99. The molecule has 0 aromatic heterocycles. The Morgan fingerprint density at radius 3 is 2.07 bits per heavy atom. The van der Waals surface area contributed by atoms with Crippen LogP contribution in [0.5, 0.6) is 0 Å². The largest absolute Gasteiger partial charge is 0.227 e. The van der Waals surface area contributed by atoms with E-state index in [1.165, 1.54) is 12.1 Å². The van der Waals surface area contributed by atoms with Gasteiger partial charge in [-0.2, -0.15) is 0 Å². The zero-order chi connectivity index (χ0) is 9.97. The molecule has 1 aliphatic heterocycles. The highest BCUT2D eigenvalue weighted by Crippen LogP contribution is 2.23. The maximum atomic E-state index is 10.6. The standard InChI is InChI=1S/C7H6N4O2S/c12-14(13)6-3-1-5(2-4-6)7-8-10-11-9-7/h1-4,7,14H. The van der Waals surface area contributed by atoms with E-state index >= 15 is 0 Å². The number of nitrogens with zero attached hydrogens (tertiary/aromatic N) is 4. The molecule has 0 fully saturated rings. The van der Waals surface area contributed by atoms with E-state index in [-0.39, 0.29) is 4.90 Å². The molecule has 1 heterocycles. The summed E-state index contributed by atoms with van der Waals surface area (Å²) in [6.07, 6.45) is -0.423. The maximum Gasteiger partial charge on any atom is 0.210 e. The Hall–Kier alpha value is -1.63. The van der Waals surface area contributed by atoms with E-state index in [1.807, 2.05) is 0 Å². The first-order valence-electron chi connectivity index (χ1n) is 3.82. The van der Waals surface area contributed by atoms with Crippen LogP contribution in [0.15, 0.2) is 49.8 Å². The molecule has 0 atom stereocenters. The SMILES string of the molecule is O=[SH](=O)c1ccc(C2N=NN=N2)cc1. The molecule has 1 aliphatic rings. The molecule has 0 unspecified atom stereocenters. The minimum Gasteiger partial charge on any atom is -0.227 e. The molecule has 72 valence electrons. The summed E-state index contributed by atoms with van der Waals surface area (Å²) in [6.45, 7) is 0. The van der Waals surface area contributed by atoms with Crippen molar-refractivity contribution >= 4 is 10.7 Å². The lowest BCUT2D eigenvalue weighted by Gasteiger charge is -2.00. The van der Waals surface area contributed by atoms with Gasteiger partial charge in [-0.05, 0) is 22.6 Å². The Morgan fingerprint density at radius 1 is 1.00 bits per heavy atom. The maximum absolute atomic E-state index is 10.6. The molecule has 2 rings (SSSR count). The summed E-state index contributed by atoms with van der Waals surface area (Å²) in [5.41, 5.74) is 0.774. The Kier molecular flexibility index (Phi) is 2.32. The summed E-state index contributed by atoms with van der Waals surface area (Å²) in [5.74, 6) is 0. The predicted octanol–water partition coefficient (Wildman–Crippen LogP) is 1.49. The highest BCUT2D eigenvalue weighted by Gasteiger charge is 2.11. The van der Waals surface area contributed by atoms with E-state index in [0.717, 1.165) is 5.56 Å². The monoisotopic (exact) mass is 210 g/mol. The third kappa shape index (κ3) is 1.67. The molecule has 1 aromatic rings. The smallest absolute Gasteiger partial charge is 0.210 e. The van der Waals surface area contributed by atoms with Crippen molar-refractivity contribution < 1.29 is 8.42 Å². The first-order chi connectivity index (χ1) is 6.77. The van der Waals surface area contributed by atoms with Crippen LogP contribution in [0.3, 0.4) is 0 Å². The van der Waals surface area contributed by atoms with E-state index in [9.17, 15) is 8.42 Å². The average molecular weight is 210 g/mol. The molecular formula is C7H6N4O2S. The summed E-state index contributed by atoms with van der Waals surface area (Å²) < 4.78 is 21.2. The Morgan fingerprint density at radius 2 is 1.57 bits per heavy atom. The number of rotatable bonds is 2. The molecule has 6 nitrogen and oxygen atoms in total. The van der Waals surface area contributed by atoms with E-state index in [2.05, 4.69) is 20.7 Å². The topological polar surface area (TPSA) is 83.6 Å². The van der Waals surface area contributed by atoms with Gasteiger partial charge >= 0.3 is 0 Å². The van der Waals surface area contributed by atoms with E-state index in [0.29, 0.717) is 0 Å². The highest BCUT2D eigenvalue weighted by atomic mass is 32.2. The number of hydrogen-bond acceptors (Lipinski definition) is 6. The third-order valence-electron chi connectivity index (χ3n) is 1.76. The summed E-state index contributed by atoms with van der Waals surface area (Å²) in [5, 5.41) is 14.2. The van der Waals surface area contributed by atoms with Gasteiger partial charge in [0.05, 0.1) is 4.90 Å².